The van der Waals surface area contributed by atoms with E-state index in [1.807, 2.05) is 19.1 Å². The third-order valence-electron chi connectivity index (χ3n) is 17.4. The largest absolute Gasteiger partial charge is 0.457 e. The first-order valence-corrected chi connectivity index (χ1v) is 20.7. The smallest absolute Gasteiger partial charge is 0.313 e. The molecule has 2 saturated heterocycles. The maximum Gasteiger partial charge on any atom is 0.313 e. The highest BCUT2D eigenvalue weighted by Crippen LogP contribution is 2.89. The van der Waals surface area contributed by atoms with Crippen LogP contribution in [0.5, 0.6) is 0 Å². The van der Waals surface area contributed by atoms with E-state index in [1.54, 1.807) is 0 Å². The molecule has 1 unspecified atom stereocenters. The lowest BCUT2D eigenvalue weighted by Crippen LogP contribution is -2.64. The van der Waals surface area contributed by atoms with E-state index in [1.165, 1.54) is 0 Å². The molecule has 0 amide bonds. The van der Waals surface area contributed by atoms with E-state index in [2.05, 4.69) is 27.7 Å². The lowest BCUT2D eigenvalue weighted by Gasteiger charge is -2.63. The zero-order chi connectivity index (χ0) is 39.6. The summed E-state index contributed by atoms with van der Waals surface area (Å²) in [5, 5.41) is 85.8. The standard InChI is InChI=1S/C41H64O14/c1-19-6-7-23(52-34(19)50)20(2)28-21(44)14-39(5)26-9-8-25-37(3,18-43)27(10-11-40(25)17-41(26,40)13-12-38(28,39)4)54-36-33(29(46)22(45)16-51-36)55-35-32(49)31(48)30(47)24(15-42)53-35/h6-7,19-33,35-36,42-49H,8-18H2,1-5H3/t19?,20-,21-,22+,23+,24-,25+,26+,27+,28+,29+,30-,31+,32-,33-,35+,36+,37+,38-,39+,40-,41+/m1/s1. The number of carbonyl (C=O) groups is 1. The molecule has 7 fully saturated rings. The molecule has 8 aliphatic rings. The second-order valence-corrected chi connectivity index (χ2v) is 19.6. The van der Waals surface area contributed by atoms with E-state index in [0.29, 0.717) is 18.8 Å². The topological polar surface area (TPSA) is 225 Å². The zero-order valence-corrected chi connectivity index (χ0v) is 32.8. The number of ether oxygens (including phenoxy) is 5. The molecular weight excluding hydrogens is 716 g/mol. The van der Waals surface area contributed by atoms with Gasteiger partial charge < -0.3 is 64.5 Å². The van der Waals surface area contributed by atoms with Crippen LogP contribution in [0, 0.1) is 56.7 Å². The third kappa shape index (κ3) is 5.67. The summed E-state index contributed by atoms with van der Waals surface area (Å²) >= 11 is 0. The molecule has 8 N–H and O–H groups in total. The Hall–Kier alpha value is -1.27. The van der Waals surface area contributed by atoms with E-state index >= 15 is 0 Å². The Balaban J connectivity index is 1.01. The van der Waals surface area contributed by atoms with Crippen LogP contribution in [-0.2, 0) is 28.5 Å². The molecule has 0 aromatic carbocycles. The number of esters is 1. The van der Waals surface area contributed by atoms with Crippen molar-refractivity contribution < 1.29 is 69.3 Å². The normalized spacial score (nSPS) is 57.8. The monoisotopic (exact) mass is 780 g/mol. The Morgan fingerprint density at radius 2 is 1.53 bits per heavy atom. The van der Waals surface area contributed by atoms with Gasteiger partial charge in [-0.1, -0.05) is 33.8 Å². The number of fused-ring (bicyclic) bond motifs is 2. The Bertz CT molecular complexity index is 1490. The first kappa shape index (κ1) is 40.5. The summed E-state index contributed by atoms with van der Waals surface area (Å²) in [6.45, 7) is 9.77. The van der Waals surface area contributed by atoms with Crippen molar-refractivity contribution in [2.24, 2.45) is 56.7 Å². The first-order valence-electron chi connectivity index (χ1n) is 20.7. The van der Waals surface area contributed by atoms with Crippen LogP contribution < -0.4 is 0 Å². The molecule has 2 spiro atoms. The van der Waals surface area contributed by atoms with Gasteiger partial charge in [0.1, 0.15) is 48.8 Å². The van der Waals surface area contributed by atoms with Gasteiger partial charge in [0.2, 0.25) is 0 Å². The average molecular weight is 781 g/mol. The molecule has 0 aromatic rings. The quantitative estimate of drug-likeness (QED) is 0.0969. The van der Waals surface area contributed by atoms with Gasteiger partial charge in [0.25, 0.3) is 0 Å². The molecule has 0 radical (unpaired) electrons. The Labute approximate surface area is 323 Å². The van der Waals surface area contributed by atoms with Crippen molar-refractivity contribution in [1.29, 1.82) is 0 Å². The van der Waals surface area contributed by atoms with Crippen molar-refractivity contribution >= 4 is 5.97 Å². The van der Waals surface area contributed by atoms with Crippen molar-refractivity contribution in [3.63, 3.8) is 0 Å². The fourth-order valence-corrected chi connectivity index (χ4v) is 14.3. The predicted octanol–water partition coefficient (Wildman–Crippen LogP) is 0.771. The van der Waals surface area contributed by atoms with Crippen LogP contribution in [0.15, 0.2) is 12.2 Å². The summed E-state index contributed by atoms with van der Waals surface area (Å²) < 4.78 is 30.0. The number of cyclic esters (lactones) is 1. The Morgan fingerprint density at radius 1 is 0.818 bits per heavy atom. The molecule has 5 saturated carbocycles. The zero-order valence-electron chi connectivity index (χ0n) is 32.8. The fraction of sp³-hybridized carbons (Fsp3) is 0.927. The molecule has 14 heteroatoms. The SMILES string of the molecule is CC1C=C[C@@H]([C@@H](C)[C@H]2[C@H](O)C[C@@]3(C)[C@@H]4CC[C@H]5[C@](C)(CO)[C@@H](O[C@@H]6OC[C@H](O)[C@H](O)[C@H]6O[C@@H]6O[C@H](CO)[C@@H](O)[C@H](O)[C@H]6O)CC[C@@]56C[C@@]46CC[C@]23C)OC1=O. The molecule has 0 aromatic heterocycles. The fourth-order valence-electron chi connectivity index (χ4n) is 14.3. The minimum Gasteiger partial charge on any atom is -0.457 e. The van der Waals surface area contributed by atoms with Gasteiger partial charge in [-0.05, 0) is 104 Å². The number of rotatable bonds is 8. The molecule has 0 bridgehead atoms. The molecule has 8 rings (SSSR count). The summed E-state index contributed by atoms with van der Waals surface area (Å²) in [4.78, 5) is 12.6. The molecule has 22 atom stereocenters. The van der Waals surface area contributed by atoms with Gasteiger partial charge in [-0.15, -0.1) is 0 Å². The lowest BCUT2D eigenvalue weighted by molar-refractivity contribution is -0.367. The summed E-state index contributed by atoms with van der Waals surface area (Å²) in [5.41, 5.74) is -0.889. The first-order chi connectivity index (χ1) is 25.9. The summed E-state index contributed by atoms with van der Waals surface area (Å²) in [6.07, 6.45) is -3.64. The van der Waals surface area contributed by atoms with Gasteiger partial charge in [0.15, 0.2) is 12.6 Å². The molecule has 3 aliphatic heterocycles. The number of carbonyl (C=O) groups excluding carboxylic acids is 1. The lowest BCUT2D eigenvalue weighted by atomic mass is 9.41. The van der Waals surface area contributed by atoms with Crippen molar-refractivity contribution in [2.75, 3.05) is 19.8 Å². The minimum atomic E-state index is -1.73. The van der Waals surface area contributed by atoms with Gasteiger partial charge in [-0.2, -0.15) is 0 Å². The van der Waals surface area contributed by atoms with Crippen LogP contribution in [0.25, 0.3) is 0 Å². The second-order valence-electron chi connectivity index (χ2n) is 19.6. The van der Waals surface area contributed by atoms with Gasteiger partial charge >= 0.3 is 5.97 Å². The van der Waals surface area contributed by atoms with Crippen LogP contribution in [0.2, 0.25) is 0 Å². The molecule has 14 nitrogen and oxygen atoms in total. The van der Waals surface area contributed by atoms with Crippen LogP contribution in [0.3, 0.4) is 0 Å². The van der Waals surface area contributed by atoms with E-state index in [9.17, 15) is 45.6 Å². The van der Waals surface area contributed by atoms with Gasteiger partial charge in [0.05, 0.1) is 37.9 Å². The minimum absolute atomic E-state index is 0.000608. The van der Waals surface area contributed by atoms with Gasteiger partial charge in [-0.3, -0.25) is 4.79 Å². The van der Waals surface area contributed by atoms with Crippen molar-refractivity contribution in [2.45, 2.75) is 160 Å². The van der Waals surface area contributed by atoms with Gasteiger partial charge in [-0.25, -0.2) is 0 Å². The number of hydrogen-bond donors (Lipinski definition) is 8. The van der Waals surface area contributed by atoms with Crippen molar-refractivity contribution in [3.05, 3.63) is 12.2 Å². The summed E-state index contributed by atoms with van der Waals surface area (Å²) in [5.74, 6) is -0.0125. The third-order valence-corrected chi connectivity index (χ3v) is 17.4. The van der Waals surface area contributed by atoms with Crippen molar-refractivity contribution in [3.8, 4) is 0 Å². The van der Waals surface area contributed by atoms with Crippen LogP contribution >= 0.6 is 0 Å². The van der Waals surface area contributed by atoms with E-state index in [0.717, 1.165) is 38.5 Å². The number of aliphatic hydroxyl groups excluding tert-OH is 8. The molecule has 5 aliphatic carbocycles. The number of aliphatic hydroxyl groups is 8. The van der Waals surface area contributed by atoms with Gasteiger partial charge in [0, 0.05) is 11.3 Å². The average Bonchev–Trinajstić information content (AvgIpc) is 3.77. The summed E-state index contributed by atoms with van der Waals surface area (Å²) in [6, 6.07) is 0. The molecule has 3 heterocycles. The van der Waals surface area contributed by atoms with Crippen molar-refractivity contribution in [1.82, 2.24) is 0 Å². The highest BCUT2D eigenvalue weighted by Gasteiger charge is 2.83. The van der Waals surface area contributed by atoms with Crippen LogP contribution in [-0.4, -0.2) is 140 Å². The van der Waals surface area contributed by atoms with Crippen LogP contribution in [0.1, 0.15) is 86.0 Å². The maximum absolute atomic E-state index is 12.6. The Morgan fingerprint density at radius 3 is 2.22 bits per heavy atom. The van der Waals surface area contributed by atoms with E-state index in [-0.39, 0.29) is 70.6 Å². The molecule has 312 valence electrons. The number of hydrogen-bond acceptors (Lipinski definition) is 14. The Kier molecular flexibility index (Phi) is 10.2. The highest BCUT2D eigenvalue weighted by atomic mass is 16.8. The summed E-state index contributed by atoms with van der Waals surface area (Å²) in [7, 11) is 0. The highest BCUT2D eigenvalue weighted by molar-refractivity contribution is 5.75. The maximum atomic E-state index is 12.6. The van der Waals surface area contributed by atoms with Crippen LogP contribution in [0.4, 0.5) is 0 Å². The van der Waals surface area contributed by atoms with E-state index in [4.69, 9.17) is 23.7 Å². The van der Waals surface area contributed by atoms with E-state index < -0.39 is 79.5 Å². The predicted molar refractivity (Wildman–Crippen MR) is 192 cm³/mol. The molecular formula is C41H64O14. The second kappa shape index (κ2) is 13.9. The molecule has 55 heavy (non-hydrogen) atoms.